The molecule has 2 unspecified atom stereocenters. The molecule has 2 aromatic rings. The van der Waals surface area contributed by atoms with E-state index in [2.05, 4.69) is 34.2 Å². The van der Waals surface area contributed by atoms with Crippen LogP contribution in [0.5, 0.6) is 0 Å². The number of carbonyl (C=O) groups is 1. The summed E-state index contributed by atoms with van der Waals surface area (Å²) >= 11 is 7.74. The molecule has 2 aromatic carbocycles. The molecule has 0 amide bonds. The molecule has 4 rings (SSSR count). The fourth-order valence-corrected chi connectivity index (χ4v) is 4.64. The van der Waals surface area contributed by atoms with E-state index in [1.807, 2.05) is 37.7 Å². The lowest BCUT2D eigenvalue weighted by Crippen LogP contribution is -2.26. The minimum Gasteiger partial charge on any atom is -0.481 e. The van der Waals surface area contributed by atoms with Crippen LogP contribution < -0.4 is 0 Å². The highest BCUT2D eigenvalue weighted by Crippen LogP contribution is 2.48. The Bertz CT molecular complexity index is 838. The highest BCUT2D eigenvalue weighted by atomic mass is 35.5. The maximum Gasteiger partial charge on any atom is 0.307 e. The molecule has 4 nitrogen and oxygen atoms in total. The van der Waals surface area contributed by atoms with Crippen LogP contribution in [-0.2, 0) is 4.79 Å². The van der Waals surface area contributed by atoms with E-state index in [0.29, 0.717) is 0 Å². The number of nitrogens with zero attached hydrogens (tertiary/aromatic N) is 2. The summed E-state index contributed by atoms with van der Waals surface area (Å²) in [7, 11) is 2.03. The van der Waals surface area contributed by atoms with Crippen molar-refractivity contribution in [1.29, 1.82) is 0 Å². The molecule has 1 fully saturated rings. The fraction of sp³-hybridized carbons (Fsp3) is 0.300. The van der Waals surface area contributed by atoms with E-state index in [4.69, 9.17) is 16.7 Å². The molecule has 2 aliphatic rings. The van der Waals surface area contributed by atoms with Crippen molar-refractivity contribution in [2.75, 3.05) is 7.05 Å². The second kappa shape index (κ2) is 6.97. The normalized spacial score (nSPS) is 26.9. The van der Waals surface area contributed by atoms with Crippen molar-refractivity contribution in [1.82, 2.24) is 4.90 Å². The summed E-state index contributed by atoms with van der Waals surface area (Å²) in [6, 6.07) is 16.2. The maximum absolute atomic E-state index is 11.1. The van der Waals surface area contributed by atoms with Crippen LogP contribution in [0.3, 0.4) is 0 Å². The average molecular weight is 387 g/mol. The molecule has 0 bridgehead atoms. The minimum atomic E-state index is -0.694. The second-order valence-corrected chi connectivity index (χ2v) is 8.42. The molecular weight excluding hydrogens is 368 g/mol. The van der Waals surface area contributed by atoms with Gasteiger partial charge in [0.25, 0.3) is 0 Å². The van der Waals surface area contributed by atoms with E-state index in [1.54, 1.807) is 11.8 Å². The zero-order valence-electron chi connectivity index (χ0n) is 14.2. The lowest BCUT2D eigenvalue weighted by Gasteiger charge is -2.24. The number of carboxylic acid groups (broad SMARTS) is 1. The third-order valence-corrected chi connectivity index (χ3v) is 6.59. The first-order valence-electron chi connectivity index (χ1n) is 8.53. The number of hydrogen-bond donors (Lipinski definition) is 1. The number of carboxylic acids is 1. The predicted molar refractivity (Wildman–Crippen MR) is 105 cm³/mol. The molecule has 1 heterocycles. The number of hydrogen-bond acceptors (Lipinski definition) is 4. The third kappa shape index (κ3) is 3.46. The van der Waals surface area contributed by atoms with Crippen molar-refractivity contribution in [3.05, 3.63) is 64.7 Å². The summed E-state index contributed by atoms with van der Waals surface area (Å²) in [6.45, 7) is 0. The third-order valence-electron chi connectivity index (χ3n) is 4.97. The SMILES string of the molecule is CN1C=NC(c2ccc([C@H]3C[C@@H]3C(=O)O)cc2)C1Sc1ccc(Cl)cc1. The topological polar surface area (TPSA) is 52.9 Å². The fourth-order valence-electron chi connectivity index (χ4n) is 3.37. The van der Waals surface area contributed by atoms with E-state index < -0.39 is 5.97 Å². The van der Waals surface area contributed by atoms with Crippen molar-refractivity contribution < 1.29 is 9.90 Å². The van der Waals surface area contributed by atoms with E-state index in [1.165, 1.54) is 0 Å². The number of thioether (sulfide) groups is 1. The molecule has 134 valence electrons. The van der Waals surface area contributed by atoms with Gasteiger partial charge in [-0.1, -0.05) is 47.6 Å². The Labute approximate surface area is 161 Å². The van der Waals surface area contributed by atoms with Crippen LogP contribution in [0.2, 0.25) is 5.02 Å². The van der Waals surface area contributed by atoms with Crippen LogP contribution in [0.25, 0.3) is 0 Å². The standard InChI is InChI=1S/C20H19ClN2O2S/c1-23-11-22-18(19(23)26-15-8-6-14(21)7-9-15)13-4-2-12(3-5-13)16-10-17(16)20(24)25/h2-9,11,16-19H,10H2,1H3,(H,24,25)/t16-,17+,18?,19?/m1/s1. The molecule has 6 heteroatoms. The van der Waals surface area contributed by atoms with Crippen LogP contribution in [0.1, 0.15) is 29.5 Å². The predicted octanol–water partition coefficient (Wildman–Crippen LogP) is 4.66. The lowest BCUT2D eigenvalue weighted by molar-refractivity contribution is -0.138. The monoisotopic (exact) mass is 386 g/mol. The van der Waals surface area contributed by atoms with Gasteiger partial charge in [0.2, 0.25) is 0 Å². The van der Waals surface area contributed by atoms with Crippen LogP contribution >= 0.6 is 23.4 Å². The Hall–Kier alpha value is -1.98. The lowest BCUT2D eigenvalue weighted by atomic mass is 10.0. The number of halogens is 1. The van der Waals surface area contributed by atoms with Gasteiger partial charge in [0.05, 0.1) is 12.3 Å². The molecule has 0 aromatic heterocycles. The average Bonchev–Trinajstić information content (AvgIpc) is 3.37. The smallest absolute Gasteiger partial charge is 0.307 e. The van der Waals surface area contributed by atoms with Gasteiger partial charge in [-0.15, -0.1) is 0 Å². The van der Waals surface area contributed by atoms with Crippen molar-refractivity contribution in [3.63, 3.8) is 0 Å². The molecular formula is C20H19ClN2O2S. The van der Waals surface area contributed by atoms with Gasteiger partial charge in [0, 0.05) is 17.0 Å². The van der Waals surface area contributed by atoms with Gasteiger partial charge in [-0.25, -0.2) is 0 Å². The van der Waals surface area contributed by atoms with Crippen molar-refractivity contribution >= 4 is 35.7 Å². The Morgan fingerprint density at radius 1 is 1.15 bits per heavy atom. The van der Waals surface area contributed by atoms with Gasteiger partial charge < -0.3 is 10.0 Å². The molecule has 1 N–H and O–H groups in total. The van der Waals surface area contributed by atoms with Gasteiger partial charge >= 0.3 is 5.97 Å². The summed E-state index contributed by atoms with van der Waals surface area (Å²) in [5, 5.41) is 10.0. The minimum absolute atomic E-state index is 0.0456. The Morgan fingerprint density at radius 2 is 1.81 bits per heavy atom. The highest BCUT2D eigenvalue weighted by molar-refractivity contribution is 8.00. The number of aliphatic imine (C=N–C) groups is 1. The van der Waals surface area contributed by atoms with Crippen LogP contribution in [0.15, 0.2) is 58.4 Å². The zero-order chi connectivity index (χ0) is 18.3. The van der Waals surface area contributed by atoms with Crippen LogP contribution in [0.4, 0.5) is 0 Å². The van der Waals surface area contributed by atoms with Gasteiger partial charge in [-0.2, -0.15) is 0 Å². The second-order valence-electron chi connectivity index (χ2n) is 6.79. The van der Waals surface area contributed by atoms with Gasteiger partial charge in [0.15, 0.2) is 0 Å². The van der Waals surface area contributed by atoms with Crippen molar-refractivity contribution in [2.24, 2.45) is 10.9 Å². The van der Waals surface area contributed by atoms with E-state index >= 15 is 0 Å². The van der Waals surface area contributed by atoms with E-state index in [9.17, 15) is 4.79 Å². The molecule has 0 spiro atoms. The van der Waals surface area contributed by atoms with Gasteiger partial charge in [-0.3, -0.25) is 9.79 Å². The molecule has 0 saturated heterocycles. The summed E-state index contributed by atoms with van der Waals surface area (Å²) in [6.07, 6.45) is 2.63. The molecule has 4 atom stereocenters. The first-order valence-corrected chi connectivity index (χ1v) is 9.79. The molecule has 1 saturated carbocycles. The molecule has 26 heavy (non-hydrogen) atoms. The Kier molecular flexibility index (Phi) is 4.67. The molecule has 1 aliphatic heterocycles. The number of rotatable bonds is 5. The van der Waals surface area contributed by atoms with Crippen molar-refractivity contribution in [3.8, 4) is 0 Å². The maximum atomic E-state index is 11.1. The Balaban J connectivity index is 1.49. The molecule has 0 radical (unpaired) electrons. The highest BCUT2D eigenvalue weighted by Gasteiger charge is 2.44. The largest absolute Gasteiger partial charge is 0.481 e. The van der Waals surface area contributed by atoms with Crippen LogP contribution in [0, 0.1) is 5.92 Å². The van der Waals surface area contributed by atoms with E-state index in [-0.39, 0.29) is 23.3 Å². The number of benzene rings is 2. The van der Waals surface area contributed by atoms with E-state index in [0.717, 1.165) is 27.5 Å². The van der Waals surface area contributed by atoms with Gasteiger partial charge in [0.1, 0.15) is 11.4 Å². The Morgan fingerprint density at radius 3 is 2.42 bits per heavy atom. The quantitative estimate of drug-likeness (QED) is 0.811. The first kappa shape index (κ1) is 17.4. The first-order chi connectivity index (χ1) is 12.5. The summed E-state index contributed by atoms with van der Waals surface area (Å²) in [5.74, 6) is -0.749. The zero-order valence-corrected chi connectivity index (χ0v) is 15.8. The van der Waals surface area contributed by atoms with Crippen LogP contribution in [-0.4, -0.2) is 34.7 Å². The van der Waals surface area contributed by atoms with Crippen molar-refractivity contribution in [2.45, 2.75) is 28.6 Å². The summed E-state index contributed by atoms with van der Waals surface area (Å²) in [5.41, 5.74) is 2.26. The number of likely N-dealkylation sites (N-methyl/N-ethyl adjacent to an activating group) is 1. The van der Waals surface area contributed by atoms with Gasteiger partial charge in [-0.05, 0) is 47.7 Å². The molecule has 1 aliphatic carbocycles. The summed E-state index contributed by atoms with van der Waals surface area (Å²) < 4.78 is 0. The summed E-state index contributed by atoms with van der Waals surface area (Å²) in [4.78, 5) is 19.0. The number of aliphatic carboxylic acids is 1.